The summed E-state index contributed by atoms with van der Waals surface area (Å²) in [7, 11) is 1.48. The van der Waals surface area contributed by atoms with Gasteiger partial charge in [0.1, 0.15) is 0 Å². The molecule has 1 aromatic heterocycles. The number of nitro groups is 1. The molecule has 0 saturated heterocycles. The van der Waals surface area contributed by atoms with E-state index in [-0.39, 0.29) is 16.4 Å². The van der Waals surface area contributed by atoms with Gasteiger partial charge in [-0.3, -0.25) is 14.9 Å². The van der Waals surface area contributed by atoms with E-state index in [2.05, 4.69) is 4.98 Å². The van der Waals surface area contributed by atoms with Crippen molar-refractivity contribution in [3.63, 3.8) is 0 Å². The Morgan fingerprint density at radius 3 is 2.43 bits per heavy atom. The van der Waals surface area contributed by atoms with Crippen LogP contribution in [-0.4, -0.2) is 33.9 Å². The van der Waals surface area contributed by atoms with Crippen LogP contribution in [0.2, 0.25) is 0 Å². The van der Waals surface area contributed by atoms with Crippen molar-refractivity contribution in [2.24, 2.45) is 0 Å². The van der Waals surface area contributed by atoms with Gasteiger partial charge in [-0.25, -0.2) is 9.78 Å². The van der Waals surface area contributed by atoms with Crippen LogP contribution in [0.3, 0.4) is 0 Å². The molecule has 1 N–H and O–H groups in total. The molecule has 0 unspecified atom stereocenters. The minimum Gasteiger partial charge on any atom is -0.476 e. The van der Waals surface area contributed by atoms with Crippen molar-refractivity contribution < 1.29 is 19.6 Å². The quantitative estimate of drug-likeness (QED) is 0.682. The third kappa shape index (κ3) is 3.03. The average molecular weight is 307 g/mol. The van der Waals surface area contributed by atoms with Gasteiger partial charge in [-0.15, -0.1) is 11.3 Å². The molecule has 0 bridgehead atoms. The number of carbonyl (C=O) groups excluding carboxylic acids is 1. The Kier molecular flexibility index (Phi) is 3.94. The zero-order valence-corrected chi connectivity index (χ0v) is 11.5. The fourth-order valence-corrected chi connectivity index (χ4v) is 2.29. The number of carboxylic acid groups (broad SMARTS) is 1. The lowest BCUT2D eigenvalue weighted by molar-refractivity contribution is -0.384. The molecule has 0 aliphatic heterocycles. The molecule has 1 amide bonds. The highest BCUT2D eigenvalue weighted by Gasteiger charge is 2.19. The fourth-order valence-electron chi connectivity index (χ4n) is 1.53. The molecule has 0 aliphatic carbocycles. The third-order valence-corrected chi connectivity index (χ3v) is 3.49. The number of rotatable bonds is 4. The van der Waals surface area contributed by atoms with E-state index in [4.69, 9.17) is 5.11 Å². The molecule has 1 heterocycles. The maximum atomic E-state index is 12.1. The van der Waals surface area contributed by atoms with Crippen molar-refractivity contribution in [2.45, 2.75) is 0 Å². The number of carboxylic acids is 1. The van der Waals surface area contributed by atoms with Crippen LogP contribution < -0.4 is 4.90 Å². The van der Waals surface area contributed by atoms with Crippen LogP contribution in [0.5, 0.6) is 0 Å². The number of benzene rings is 1. The van der Waals surface area contributed by atoms with Gasteiger partial charge in [0.05, 0.1) is 4.92 Å². The first-order chi connectivity index (χ1) is 9.90. The Balaban J connectivity index is 2.21. The molecule has 108 valence electrons. The zero-order valence-electron chi connectivity index (χ0n) is 10.7. The third-order valence-electron chi connectivity index (χ3n) is 2.66. The molecule has 21 heavy (non-hydrogen) atoms. The SMILES string of the molecule is CN(C(=O)c1nc(C(=O)O)cs1)c1ccc([N+](=O)[O-])cc1. The molecule has 0 saturated carbocycles. The highest BCUT2D eigenvalue weighted by atomic mass is 32.1. The smallest absolute Gasteiger partial charge is 0.355 e. The maximum absolute atomic E-state index is 12.1. The second kappa shape index (κ2) is 5.67. The molecule has 8 nitrogen and oxygen atoms in total. The number of hydrogen-bond donors (Lipinski definition) is 1. The molecule has 2 aromatic rings. The average Bonchev–Trinajstić information content (AvgIpc) is 2.96. The number of aromatic carboxylic acids is 1. The Bertz CT molecular complexity index is 710. The summed E-state index contributed by atoms with van der Waals surface area (Å²) in [5, 5.41) is 20.7. The van der Waals surface area contributed by atoms with Crippen molar-refractivity contribution in [3.8, 4) is 0 Å². The van der Waals surface area contributed by atoms with Crippen LogP contribution in [0.4, 0.5) is 11.4 Å². The maximum Gasteiger partial charge on any atom is 0.355 e. The number of non-ortho nitro benzene ring substituents is 1. The van der Waals surface area contributed by atoms with Crippen LogP contribution in [0.1, 0.15) is 20.3 Å². The summed E-state index contributed by atoms with van der Waals surface area (Å²) >= 11 is 0.926. The van der Waals surface area contributed by atoms with Crippen molar-refractivity contribution in [1.29, 1.82) is 0 Å². The first-order valence-electron chi connectivity index (χ1n) is 5.61. The van der Waals surface area contributed by atoms with E-state index in [1.165, 1.54) is 41.6 Å². The van der Waals surface area contributed by atoms with Gasteiger partial charge < -0.3 is 10.0 Å². The number of thiazole rings is 1. The van der Waals surface area contributed by atoms with E-state index in [1.807, 2.05) is 0 Å². The van der Waals surface area contributed by atoms with Crippen LogP contribution in [0.25, 0.3) is 0 Å². The molecule has 2 rings (SSSR count). The molecule has 0 fully saturated rings. The fraction of sp³-hybridized carbons (Fsp3) is 0.0833. The molecule has 0 radical (unpaired) electrons. The summed E-state index contributed by atoms with van der Waals surface area (Å²) in [5.41, 5.74) is 0.167. The van der Waals surface area contributed by atoms with Gasteiger partial charge >= 0.3 is 5.97 Å². The molecule has 0 spiro atoms. The summed E-state index contributed by atoms with van der Waals surface area (Å²) in [6.45, 7) is 0. The van der Waals surface area contributed by atoms with Gasteiger partial charge in [0.15, 0.2) is 10.7 Å². The number of anilines is 1. The van der Waals surface area contributed by atoms with E-state index >= 15 is 0 Å². The minimum atomic E-state index is -1.21. The summed E-state index contributed by atoms with van der Waals surface area (Å²) in [6.07, 6.45) is 0. The highest BCUT2D eigenvalue weighted by Crippen LogP contribution is 2.21. The number of amides is 1. The van der Waals surface area contributed by atoms with Crippen LogP contribution in [0.15, 0.2) is 29.6 Å². The first kappa shape index (κ1) is 14.6. The lowest BCUT2D eigenvalue weighted by Crippen LogP contribution is -2.26. The van der Waals surface area contributed by atoms with Crippen LogP contribution in [0, 0.1) is 10.1 Å². The second-order valence-corrected chi connectivity index (χ2v) is 4.84. The van der Waals surface area contributed by atoms with Gasteiger partial charge in [0.25, 0.3) is 11.6 Å². The van der Waals surface area contributed by atoms with Gasteiger partial charge in [-0.2, -0.15) is 0 Å². The van der Waals surface area contributed by atoms with Crippen molar-refractivity contribution in [1.82, 2.24) is 4.98 Å². The van der Waals surface area contributed by atoms with Crippen LogP contribution >= 0.6 is 11.3 Å². The monoisotopic (exact) mass is 307 g/mol. The van der Waals surface area contributed by atoms with Gasteiger partial charge in [0.2, 0.25) is 0 Å². The number of carbonyl (C=O) groups is 2. The number of aromatic nitrogens is 1. The summed E-state index contributed by atoms with van der Waals surface area (Å²) in [5.74, 6) is -1.69. The lowest BCUT2D eigenvalue weighted by atomic mass is 10.2. The Hall–Kier alpha value is -2.81. The van der Waals surface area contributed by atoms with E-state index in [0.717, 1.165) is 11.3 Å². The predicted octanol–water partition coefficient (Wildman–Crippen LogP) is 2.03. The molecular formula is C12H9N3O5S. The van der Waals surface area contributed by atoms with Crippen molar-refractivity contribution >= 4 is 34.6 Å². The first-order valence-corrected chi connectivity index (χ1v) is 6.49. The van der Waals surface area contributed by atoms with E-state index in [9.17, 15) is 19.7 Å². The normalized spacial score (nSPS) is 10.1. The van der Waals surface area contributed by atoms with E-state index in [1.54, 1.807) is 0 Å². The topological polar surface area (TPSA) is 114 Å². The van der Waals surface area contributed by atoms with E-state index in [0.29, 0.717) is 5.69 Å². The molecule has 1 aromatic carbocycles. The largest absolute Gasteiger partial charge is 0.476 e. The number of hydrogen-bond acceptors (Lipinski definition) is 6. The highest BCUT2D eigenvalue weighted by molar-refractivity contribution is 7.12. The summed E-state index contributed by atoms with van der Waals surface area (Å²) in [6, 6.07) is 5.43. The minimum absolute atomic E-state index is 0.0354. The van der Waals surface area contributed by atoms with Gasteiger partial charge in [-0.05, 0) is 12.1 Å². The Labute approximate surface area is 122 Å². The zero-order chi connectivity index (χ0) is 15.6. The summed E-state index contributed by atoms with van der Waals surface area (Å²) < 4.78 is 0. The van der Waals surface area contributed by atoms with E-state index < -0.39 is 16.8 Å². The molecule has 0 aliphatic rings. The molecule has 9 heteroatoms. The lowest BCUT2D eigenvalue weighted by Gasteiger charge is -2.15. The molecule has 0 atom stereocenters. The number of nitro benzene ring substituents is 1. The predicted molar refractivity (Wildman–Crippen MR) is 74.9 cm³/mol. The van der Waals surface area contributed by atoms with Gasteiger partial charge in [0, 0.05) is 30.2 Å². The molecular weight excluding hydrogens is 298 g/mol. The van der Waals surface area contributed by atoms with Crippen molar-refractivity contribution in [2.75, 3.05) is 11.9 Å². The van der Waals surface area contributed by atoms with Gasteiger partial charge in [-0.1, -0.05) is 0 Å². The Morgan fingerprint density at radius 2 is 1.95 bits per heavy atom. The van der Waals surface area contributed by atoms with Crippen molar-refractivity contribution in [3.05, 3.63) is 50.5 Å². The standard InChI is InChI=1S/C12H9N3O5S/c1-14(7-2-4-8(5-3-7)15(19)20)11(16)10-13-9(6-21-10)12(17)18/h2-6H,1H3,(H,17,18). The summed E-state index contributed by atoms with van der Waals surface area (Å²) in [4.78, 5) is 37.9. The Morgan fingerprint density at radius 1 is 1.33 bits per heavy atom. The second-order valence-electron chi connectivity index (χ2n) is 3.98. The van der Waals surface area contributed by atoms with Crippen LogP contribution in [-0.2, 0) is 0 Å². The number of nitrogens with zero attached hydrogens (tertiary/aromatic N) is 3.